The maximum Gasteiger partial charge on any atom is 0.472 e. The van der Waals surface area contributed by atoms with Crippen LogP contribution in [-0.4, -0.2) is 96.7 Å². The Hall–Kier alpha value is -1.94. The van der Waals surface area contributed by atoms with Crippen LogP contribution in [0.2, 0.25) is 0 Å². The van der Waals surface area contributed by atoms with Gasteiger partial charge in [-0.3, -0.25) is 37.3 Å². The zero-order valence-corrected chi connectivity index (χ0v) is 61.3. The lowest BCUT2D eigenvalue weighted by molar-refractivity contribution is -0.161. The number of ether oxygens (including phenoxy) is 4. The molecule has 8 atom stereocenters. The number of esters is 4. The van der Waals surface area contributed by atoms with E-state index >= 15 is 0 Å². The van der Waals surface area contributed by atoms with E-state index in [2.05, 4.69) is 55.4 Å². The number of carbonyl (C=O) groups is 4. The molecule has 0 aliphatic carbocycles. The normalized spacial score (nSPS) is 15.1. The highest BCUT2D eigenvalue weighted by molar-refractivity contribution is 7.47. The standard InChI is InChI=1S/C72H140O17P2/c1-9-63(6)49-41-33-24-22-20-18-16-14-12-13-15-17-19-21-23-25-36-44-52-69(74)82-58-67(89-72(77)55-47-39-31-28-35-43-51-65(8)11-3)60-86-90(78,79)84-56-66(73)57-85-91(80,81)87-61-68(88-71(76)54-46-38-29-26-32-40-48-62(4)5)59-83-70(75)53-45-37-30-27-34-42-50-64(7)10-2/h62-68,73H,9-61H2,1-8H3,(H,78,79)(H,80,81)/t63?,64?,65?,66-,67-,68-/m1/s1. The van der Waals surface area contributed by atoms with E-state index < -0.39 is 97.5 Å². The van der Waals surface area contributed by atoms with Crippen molar-refractivity contribution in [3.63, 3.8) is 0 Å². The molecule has 0 aromatic rings. The summed E-state index contributed by atoms with van der Waals surface area (Å²) in [6.07, 6.45) is 44.9. The Kier molecular flexibility index (Phi) is 60.3. The van der Waals surface area contributed by atoms with E-state index in [1.807, 2.05) is 0 Å². The van der Waals surface area contributed by atoms with Gasteiger partial charge in [-0.05, 0) is 49.4 Å². The third-order valence-corrected chi connectivity index (χ3v) is 19.6. The summed E-state index contributed by atoms with van der Waals surface area (Å²) in [5.41, 5.74) is 0. The van der Waals surface area contributed by atoms with Crippen molar-refractivity contribution in [3.05, 3.63) is 0 Å². The molecular formula is C72H140O17P2. The van der Waals surface area contributed by atoms with Crippen LogP contribution in [0.4, 0.5) is 0 Å². The first kappa shape index (κ1) is 89.1. The molecule has 0 aliphatic rings. The van der Waals surface area contributed by atoms with Crippen LogP contribution < -0.4 is 0 Å². The quantitative estimate of drug-likeness (QED) is 0.0222. The number of phosphoric ester groups is 2. The summed E-state index contributed by atoms with van der Waals surface area (Å²) in [5, 5.41) is 10.6. The molecule has 0 spiro atoms. The van der Waals surface area contributed by atoms with E-state index in [0.717, 1.165) is 114 Å². The molecule has 0 saturated heterocycles. The van der Waals surface area contributed by atoms with Crippen LogP contribution in [0.3, 0.4) is 0 Å². The molecule has 0 heterocycles. The fourth-order valence-electron chi connectivity index (χ4n) is 10.7. The van der Waals surface area contributed by atoms with Crippen molar-refractivity contribution in [1.29, 1.82) is 0 Å². The first-order chi connectivity index (χ1) is 43.7. The Morgan fingerprint density at radius 3 is 0.780 bits per heavy atom. The summed E-state index contributed by atoms with van der Waals surface area (Å²) in [5.74, 6) is 0.857. The average molecular weight is 1340 g/mol. The monoisotopic (exact) mass is 1340 g/mol. The predicted molar refractivity (Wildman–Crippen MR) is 367 cm³/mol. The summed E-state index contributed by atoms with van der Waals surface area (Å²) in [7, 11) is -9.90. The van der Waals surface area contributed by atoms with Crippen molar-refractivity contribution >= 4 is 39.5 Å². The van der Waals surface area contributed by atoms with Gasteiger partial charge in [0.15, 0.2) is 12.2 Å². The minimum absolute atomic E-state index is 0.101. The molecule has 0 aromatic carbocycles. The van der Waals surface area contributed by atoms with Crippen LogP contribution in [0.5, 0.6) is 0 Å². The average Bonchev–Trinajstić information content (AvgIpc) is 3.21. The summed E-state index contributed by atoms with van der Waals surface area (Å²) >= 11 is 0. The second-order valence-electron chi connectivity index (χ2n) is 27.2. The fourth-order valence-corrected chi connectivity index (χ4v) is 12.3. The van der Waals surface area contributed by atoms with Gasteiger partial charge in [0.25, 0.3) is 0 Å². The second-order valence-corrected chi connectivity index (χ2v) is 30.1. The largest absolute Gasteiger partial charge is 0.472 e. The Morgan fingerprint density at radius 2 is 0.527 bits per heavy atom. The summed E-state index contributed by atoms with van der Waals surface area (Å²) in [6, 6.07) is 0. The van der Waals surface area contributed by atoms with Crippen molar-refractivity contribution in [2.75, 3.05) is 39.6 Å². The van der Waals surface area contributed by atoms with Crippen LogP contribution in [0.15, 0.2) is 0 Å². The molecule has 5 unspecified atom stereocenters. The summed E-state index contributed by atoms with van der Waals surface area (Å²) in [4.78, 5) is 72.4. The first-order valence-corrected chi connectivity index (χ1v) is 40.3. The number of hydrogen-bond acceptors (Lipinski definition) is 15. The highest BCUT2D eigenvalue weighted by atomic mass is 31.2. The van der Waals surface area contributed by atoms with Crippen molar-refractivity contribution in [1.82, 2.24) is 0 Å². The van der Waals surface area contributed by atoms with Gasteiger partial charge >= 0.3 is 39.5 Å². The van der Waals surface area contributed by atoms with Gasteiger partial charge < -0.3 is 33.8 Å². The van der Waals surface area contributed by atoms with E-state index in [1.54, 1.807) is 0 Å². The second kappa shape index (κ2) is 61.6. The first-order valence-electron chi connectivity index (χ1n) is 37.3. The van der Waals surface area contributed by atoms with Gasteiger partial charge in [0.05, 0.1) is 26.4 Å². The van der Waals surface area contributed by atoms with Gasteiger partial charge in [-0.2, -0.15) is 0 Å². The zero-order valence-electron chi connectivity index (χ0n) is 59.5. The highest BCUT2D eigenvalue weighted by Gasteiger charge is 2.30. The smallest absolute Gasteiger partial charge is 0.462 e. The Labute approximate surface area is 556 Å². The summed E-state index contributed by atoms with van der Waals surface area (Å²) in [6.45, 7) is 14.0. The lowest BCUT2D eigenvalue weighted by Gasteiger charge is -2.21. The number of aliphatic hydroxyl groups is 1. The Bertz CT molecular complexity index is 1800. The molecule has 19 heteroatoms. The third-order valence-electron chi connectivity index (χ3n) is 17.7. The lowest BCUT2D eigenvalue weighted by Crippen LogP contribution is -2.30. The molecule has 0 aromatic heterocycles. The van der Waals surface area contributed by atoms with Gasteiger partial charge in [0, 0.05) is 25.7 Å². The van der Waals surface area contributed by atoms with Crippen molar-refractivity contribution in [3.8, 4) is 0 Å². The third kappa shape index (κ3) is 62.6. The van der Waals surface area contributed by atoms with Gasteiger partial charge in [0.1, 0.15) is 19.3 Å². The van der Waals surface area contributed by atoms with Crippen molar-refractivity contribution in [2.24, 2.45) is 23.7 Å². The number of carbonyl (C=O) groups excluding carboxylic acids is 4. The topological polar surface area (TPSA) is 237 Å². The van der Waals surface area contributed by atoms with E-state index in [-0.39, 0.29) is 25.7 Å². The molecule has 0 amide bonds. The molecule has 0 fully saturated rings. The number of phosphoric acid groups is 2. The zero-order chi connectivity index (χ0) is 67.5. The Balaban J connectivity index is 5.10. The lowest BCUT2D eigenvalue weighted by atomic mass is 9.99. The van der Waals surface area contributed by atoms with Crippen molar-refractivity contribution < 1.29 is 80.2 Å². The molecule has 17 nitrogen and oxygen atoms in total. The van der Waals surface area contributed by atoms with Gasteiger partial charge in [-0.1, -0.05) is 306 Å². The van der Waals surface area contributed by atoms with E-state index in [4.69, 9.17) is 37.0 Å². The van der Waals surface area contributed by atoms with Crippen LogP contribution >= 0.6 is 15.6 Å². The number of rotatable bonds is 69. The van der Waals surface area contributed by atoms with E-state index in [1.165, 1.54) is 154 Å². The van der Waals surface area contributed by atoms with E-state index in [0.29, 0.717) is 31.6 Å². The van der Waals surface area contributed by atoms with Crippen LogP contribution in [0.1, 0.15) is 357 Å². The molecule has 3 N–H and O–H groups in total. The molecule has 0 radical (unpaired) electrons. The van der Waals surface area contributed by atoms with Crippen molar-refractivity contribution in [2.45, 2.75) is 375 Å². The SMILES string of the molecule is CCC(C)CCCCCCCCCCCCCCCCCCCCC(=O)OC[C@H](COP(=O)(O)OC[C@@H](O)COP(=O)(O)OC[C@@H](COC(=O)CCCCCCCCC(C)CC)OC(=O)CCCCCCCCC(C)C)OC(=O)CCCCCCCCC(C)CC. The number of aliphatic hydroxyl groups excluding tert-OH is 1. The minimum Gasteiger partial charge on any atom is -0.462 e. The summed E-state index contributed by atoms with van der Waals surface area (Å²) < 4.78 is 68.2. The van der Waals surface area contributed by atoms with Gasteiger partial charge in [-0.25, -0.2) is 9.13 Å². The predicted octanol–water partition coefficient (Wildman–Crippen LogP) is 20.5. The van der Waals surface area contributed by atoms with Gasteiger partial charge in [0.2, 0.25) is 0 Å². The fraction of sp³-hybridized carbons (Fsp3) is 0.944. The molecule has 0 bridgehead atoms. The van der Waals surface area contributed by atoms with Crippen LogP contribution in [0.25, 0.3) is 0 Å². The van der Waals surface area contributed by atoms with Gasteiger partial charge in [-0.15, -0.1) is 0 Å². The maximum atomic E-state index is 13.0. The highest BCUT2D eigenvalue weighted by Crippen LogP contribution is 2.45. The van der Waals surface area contributed by atoms with E-state index in [9.17, 15) is 43.2 Å². The molecule has 0 saturated carbocycles. The maximum absolute atomic E-state index is 13.0. The Morgan fingerprint density at radius 1 is 0.308 bits per heavy atom. The minimum atomic E-state index is -4.95. The molecule has 540 valence electrons. The number of hydrogen-bond donors (Lipinski definition) is 3. The van der Waals surface area contributed by atoms with Crippen LogP contribution in [-0.2, 0) is 65.4 Å². The molecule has 0 rings (SSSR count). The van der Waals surface area contributed by atoms with Crippen LogP contribution in [0, 0.1) is 23.7 Å². The molecular weight excluding hydrogens is 1200 g/mol. The molecule has 91 heavy (non-hydrogen) atoms. The molecule has 0 aliphatic heterocycles. The number of unbranched alkanes of at least 4 members (excludes halogenated alkanes) is 32.